The third-order valence-corrected chi connectivity index (χ3v) is 12.4. The normalized spacial score (nSPS) is 62.5. The van der Waals surface area contributed by atoms with Crippen molar-refractivity contribution in [3.05, 3.63) is 0 Å². The Morgan fingerprint density at radius 1 is 1.03 bits per heavy atom. The number of piperidine rings is 1. The van der Waals surface area contributed by atoms with Crippen molar-refractivity contribution in [2.75, 3.05) is 13.7 Å². The lowest BCUT2D eigenvalue weighted by molar-refractivity contribution is -0.322. The average Bonchev–Trinajstić information content (AvgIpc) is 3.06. The molecule has 6 rings (SSSR count). The van der Waals surface area contributed by atoms with E-state index in [1.165, 1.54) is 19.3 Å². The molecule has 0 aromatic carbocycles. The lowest BCUT2D eigenvalue weighted by Gasteiger charge is -2.63. The van der Waals surface area contributed by atoms with Crippen LogP contribution in [0.2, 0.25) is 0 Å². The summed E-state index contributed by atoms with van der Waals surface area (Å²) in [6.07, 6.45) is 9.12. The van der Waals surface area contributed by atoms with Crippen molar-refractivity contribution in [1.82, 2.24) is 5.32 Å². The zero-order valence-corrected chi connectivity index (χ0v) is 21.6. The standard InChI is InChI=1S/C28H48N2O3/c1-15-13-28(32-5)25(30-14-15)16(2)24-22(33-28)12-20-23-19(7-9-27(20,24)4)26(3)8-6-18(29)10-17(26)11-21(23)31/h15-25,30-31H,6-14,29H2,1-5H3/t15-,16+,17-,18+,19+,20+,21+,22-,23-,24+,25-,26+,27+,28+/m1/s1. The molecular weight excluding hydrogens is 412 g/mol. The van der Waals surface area contributed by atoms with Crippen LogP contribution in [0.15, 0.2) is 0 Å². The van der Waals surface area contributed by atoms with Crippen LogP contribution in [-0.2, 0) is 9.47 Å². The van der Waals surface area contributed by atoms with Crippen LogP contribution < -0.4 is 11.1 Å². The van der Waals surface area contributed by atoms with Gasteiger partial charge in [0.15, 0.2) is 5.79 Å². The number of rotatable bonds is 1. The Labute approximate surface area is 200 Å². The number of hydrogen-bond acceptors (Lipinski definition) is 5. The van der Waals surface area contributed by atoms with Crippen LogP contribution in [0.25, 0.3) is 0 Å². The van der Waals surface area contributed by atoms with Crippen LogP contribution in [0, 0.1) is 52.3 Å². The van der Waals surface area contributed by atoms with Gasteiger partial charge in [-0.3, -0.25) is 0 Å². The number of methoxy groups -OCH3 is 1. The number of nitrogens with two attached hydrogens (primary N) is 1. The molecule has 2 saturated heterocycles. The van der Waals surface area contributed by atoms with Gasteiger partial charge in [-0.15, -0.1) is 0 Å². The van der Waals surface area contributed by atoms with Crippen LogP contribution >= 0.6 is 0 Å². The van der Waals surface area contributed by atoms with Gasteiger partial charge in [0.05, 0.1) is 18.2 Å². The molecule has 0 bridgehead atoms. The number of fused-ring (bicyclic) bond motifs is 8. The summed E-state index contributed by atoms with van der Waals surface area (Å²) in [6, 6.07) is 0.582. The summed E-state index contributed by atoms with van der Waals surface area (Å²) in [6.45, 7) is 10.9. The molecule has 0 radical (unpaired) electrons. The quantitative estimate of drug-likeness (QED) is 0.553. The smallest absolute Gasteiger partial charge is 0.184 e. The third kappa shape index (κ3) is 3.08. The van der Waals surface area contributed by atoms with Crippen LogP contribution in [0.3, 0.4) is 0 Å². The minimum Gasteiger partial charge on any atom is -0.393 e. The van der Waals surface area contributed by atoms with Crippen molar-refractivity contribution in [3.8, 4) is 0 Å². The first-order chi connectivity index (χ1) is 15.6. The minimum atomic E-state index is -0.497. The van der Waals surface area contributed by atoms with E-state index in [9.17, 15) is 5.11 Å². The van der Waals surface area contributed by atoms with Crippen LogP contribution in [0.4, 0.5) is 0 Å². The maximum Gasteiger partial charge on any atom is 0.184 e. The highest BCUT2D eigenvalue weighted by atomic mass is 16.7. The molecule has 0 unspecified atom stereocenters. The van der Waals surface area contributed by atoms with Gasteiger partial charge in [0.25, 0.3) is 0 Å². The van der Waals surface area contributed by atoms with E-state index in [4.69, 9.17) is 15.2 Å². The molecule has 14 atom stereocenters. The summed E-state index contributed by atoms with van der Waals surface area (Å²) < 4.78 is 13.2. The van der Waals surface area contributed by atoms with Gasteiger partial charge in [0.2, 0.25) is 0 Å². The summed E-state index contributed by atoms with van der Waals surface area (Å²) in [5.74, 6) is 3.29. The number of hydrogen-bond donors (Lipinski definition) is 3. The van der Waals surface area contributed by atoms with Crippen molar-refractivity contribution < 1.29 is 14.6 Å². The highest BCUT2D eigenvalue weighted by molar-refractivity contribution is 5.17. The first-order valence-electron chi connectivity index (χ1n) is 14.0. The van der Waals surface area contributed by atoms with Crippen molar-refractivity contribution in [1.29, 1.82) is 0 Å². The largest absolute Gasteiger partial charge is 0.393 e. The summed E-state index contributed by atoms with van der Waals surface area (Å²) in [7, 11) is 1.85. The molecule has 4 aliphatic carbocycles. The van der Waals surface area contributed by atoms with Gasteiger partial charge in [-0.25, -0.2) is 0 Å². The Morgan fingerprint density at radius 2 is 1.79 bits per heavy atom. The summed E-state index contributed by atoms with van der Waals surface area (Å²) in [5, 5.41) is 15.5. The second-order valence-electron chi connectivity index (χ2n) is 13.9. The van der Waals surface area contributed by atoms with Gasteiger partial charge >= 0.3 is 0 Å². The van der Waals surface area contributed by atoms with E-state index in [-0.39, 0.29) is 23.7 Å². The summed E-state index contributed by atoms with van der Waals surface area (Å²) >= 11 is 0. The molecule has 4 N–H and O–H groups in total. The molecule has 6 fully saturated rings. The van der Waals surface area contributed by atoms with Crippen LogP contribution in [-0.4, -0.2) is 48.8 Å². The second kappa shape index (κ2) is 7.65. The SMILES string of the molecule is CO[C@]12C[C@@H](C)CN[C@@H]1[C@@H](C)[C@H]1[C@@H](C[C@H]3[C@@H]4[C@@H](O)C[C@H]5C[C@@H](N)CC[C@]5(C)[C@H]4CC[C@]13C)O2. The first kappa shape index (κ1) is 23.2. The Bertz CT molecular complexity index is 778. The molecule has 4 saturated carbocycles. The van der Waals surface area contributed by atoms with Gasteiger partial charge in [-0.1, -0.05) is 27.7 Å². The predicted octanol–water partition coefficient (Wildman–Crippen LogP) is 3.93. The fraction of sp³-hybridized carbons (Fsp3) is 1.00. The number of aliphatic hydroxyl groups is 1. The molecule has 33 heavy (non-hydrogen) atoms. The molecule has 2 aliphatic heterocycles. The molecule has 5 heteroatoms. The van der Waals surface area contributed by atoms with Gasteiger partial charge < -0.3 is 25.6 Å². The van der Waals surface area contributed by atoms with Gasteiger partial charge in [0, 0.05) is 19.6 Å². The molecule has 0 spiro atoms. The zero-order chi connectivity index (χ0) is 23.3. The van der Waals surface area contributed by atoms with Gasteiger partial charge in [-0.05, 0) is 104 Å². The van der Waals surface area contributed by atoms with Gasteiger partial charge in [-0.2, -0.15) is 0 Å². The molecule has 0 aromatic heterocycles. The van der Waals surface area contributed by atoms with E-state index in [2.05, 4.69) is 33.0 Å². The summed E-state index contributed by atoms with van der Waals surface area (Å²) in [4.78, 5) is 0. The number of aliphatic hydroxyl groups excluding tert-OH is 1. The predicted molar refractivity (Wildman–Crippen MR) is 129 cm³/mol. The van der Waals surface area contributed by atoms with E-state index in [0.29, 0.717) is 52.9 Å². The highest BCUT2D eigenvalue weighted by Gasteiger charge is 2.69. The van der Waals surface area contributed by atoms with Crippen molar-refractivity contribution in [2.24, 2.45) is 58.0 Å². The van der Waals surface area contributed by atoms with E-state index < -0.39 is 5.79 Å². The molecule has 5 nitrogen and oxygen atoms in total. The maximum absolute atomic E-state index is 11.6. The molecule has 0 aromatic rings. The Balaban J connectivity index is 1.33. The molecule has 2 heterocycles. The van der Waals surface area contributed by atoms with Crippen molar-refractivity contribution >= 4 is 0 Å². The number of nitrogens with one attached hydrogen (secondary N) is 1. The monoisotopic (exact) mass is 460 g/mol. The third-order valence-electron chi connectivity index (χ3n) is 12.4. The average molecular weight is 461 g/mol. The van der Waals surface area contributed by atoms with Crippen LogP contribution in [0.1, 0.15) is 79.1 Å². The fourth-order valence-electron chi connectivity index (χ4n) is 10.9. The maximum atomic E-state index is 11.6. The van der Waals surface area contributed by atoms with E-state index in [1.54, 1.807) is 0 Å². The summed E-state index contributed by atoms with van der Waals surface area (Å²) in [5.41, 5.74) is 6.98. The fourth-order valence-corrected chi connectivity index (χ4v) is 10.9. The minimum absolute atomic E-state index is 0.185. The zero-order valence-electron chi connectivity index (χ0n) is 21.6. The number of ether oxygens (including phenoxy) is 2. The molecule has 0 amide bonds. The lowest BCUT2D eigenvalue weighted by atomic mass is 9.43. The topological polar surface area (TPSA) is 76.7 Å². The first-order valence-corrected chi connectivity index (χ1v) is 14.0. The van der Waals surface area contributed by atoms with Crippen molar-refractivity contribution in [3.63, 3.8) is 0 Å². The van der Waals surface area contributed by atoms with Crippen LogP contribution in [0.5, 0.6) is 0 Å². The molecular formula is C28H48N2O3. The Hall–Kier alpha value is -0.200. The van der Waals surface area contributed by atoms with Crippen molar-refractivity contribution in [2.45, 2.75) is 109 Å². The molecule has 188 valence electrons. The van der Waals surface area contributed by atoms with E-state index in [0.717, 1.165) is 38.6 Å². The lowest BCUT2D eigenvalue weighted by Crippen LogP contribution is -2.69. The van der Waals surface area contributed by atoms with Gasteiger partial charge in [0.1, 0.15) is 0 Å². The molecule has 6 aliphatic rings. The highest BCUT2D eigenvalue weighted by Crippen LogP contribution is 2.70. The van der Waals surface area contributed by atoms with E-state index in [1.807, 2.05) is 7.11 Å². The van der Waals surface area contributed by atoms with E-state index >= 15 is 0 Å². The second-order valence-corrected chi connectivity index (χ2v) is 13.9. The Morgan fingerprint density at radius 3 is 2.55 bits per heavy atom. The Kier molecular flexibility index (Phi) is 5.38.